The second kappa shape index (κ2) is 7.20. The summed E-state index contributed by atoms with van der Waals surface area (Å²) < 4.78 is 5.50. The van der Waals surface area contributed by atoms with E-state index in [1.165, 1.54) is 36.1 Å². The fourth-order valence-electron chi connectivity index (χ4n) is 2.81. The van der Waals surface area contributed by atoms with Gasteiger partial charge in [0, 0.05) is 11.3 Å². The van der Waals surface area contributed by atoms with E-state index in [1.54, 1.807) is 7.11 Å². The quantitative estimate of drug-likeness (QED) is 0.892. The van der Waals surface area contributed by atoms with Crippen molar-refractivity contribution in [3.63, 3.8) is 0 Å². The van der Waals surface area contributed by atoms with Crippen molar-refractivity contribution < 1.29 is 4.74 Å². The van der Waals surface area contributed by atoms with Gasteiger partial charge in [0.05, 0.1) is 7.11 Å². The zero-order valence-electron chi connectivity index (χ0n) is 12.2. The van der Waals surface area contributed by atoms with Gasteiger partial charge in [-0.25, -0.2) is 0 Å². The van der Waals surface area contributed by atoms with Crippen molar-refractivity contribution in [2.24, 2.45) is 0 Å². The van der Waals surface area contributed by atoms with Crippen LogP contribution >= 0.6 is 11.8 Å². The fourth-order valence-corrected chi connectivity index (χ4v) is 4.28. The van der Waals surface area contributed by atoms with Crippen molar-refractivity contribution in [3.8, 4) is 5.75 Å². The molecular weight excluding hydrogens is 254 g/mol. The first kappa shape index (κ1) is 14.7. The van der Waals surface area contributed by atoms with Gasteiger partial charge in [0.15, 0.2) is 0 Å². The van der Waals surface area contributed by atoms with E-state index < -0.39 is 0 Å². The van der Waals surface area contributed by atoms with Crippen molar-refractivity contribution in [2.45, 2.75) is 43.9 Å². The molecule has 0 aromatic heterocycles. The summed E-state index contributed by atoms with van der Waals surface area (Å²) >= 11 is 2.13. The molecular formula is C16H25NOS. The summed E-state index contributed by atoms with van der Waals surface area (Å²) in [4.78, 5) is 0. The molecule has 1 aromatic rings. The Hall–Kier alpha value is -0.670. The SMILES string of the molecule is CNC(Cc1cc(C)ccc1OC)C1CCCCS1. The van der Waals surface area contributed by atoms with Crippen molar-refractivity contribution in [2.75, 3.05) is 19.9 Å². The van der Waals surface area contributed by atoms with E-state index in [0.717, 1.165) is 17.4 Å². The van der Waals surface area contributed by atoms with Gasteiger partial charge in [-0.05, 0) is 50.6 Å². The molecule has 0 spiro atoms. The molecule has 0 aliphatic carbocycles. The number of methoxy groups -OCH3 is 1. The van der Waals surface area contributed by atoms with E-state index >= 15 is 0 Å². The lowest BCUT2D eigenvalue weighted by atomic mass is 9.98. The fraction of sp³-hybridized carbons (Fsp3) is 0.625. The second-order valence-electron chi connectivity index (χ2n) is 5.32. The minimum absolute atomic E-state index is 0.543. The highest BCUT2D eigenvalue weighted by Gasteiger charge is 2.24. The maximum Gasteiger partial charge on any atom is 0.122 e. The number of thioether (sulfide) groups is 1. The third-order valence-electron chi connectivity index (χ3n) is 3.91. The maximum absolute atomic E-state index is 5.50. The molecule has 2 rings (SSSR count). The number of ether oxygens (including phenoxy) is 1. The first-order valence-corrected chi connectivity index (χ1v) is 8.22. The van der Waals surface area contributed by atoms with Crippen molar-refractivity contribution in [1.82, 2.24) is 5.32 Å². The topological polar surface area (TPSA) is 21.3 Å². The third kappa shape index (κ3) is 3.90. The zero-order chi connectivity index (χ0) is 13.7. The molecule has 1 aliphatic heterocycles. The van der Waals surface area contributed by atoms with Crippen LogP contribution in [0.2, 0.25) is 0 Å². The van der Waals surface area contributed by atoms with E-state index in [4.69, 9.17) is 4.74 Å². The molecule has 2 nitrogen and oxygen atoms in total. The van der Waals surface area contributed by atoms with Crippen LogP contribution < -0.4 is 10.1 Å². The lowest BCUT2D eigenvalue weighted by Crippen LogP contribution is -2.39. The Morgan fingerprint density at radius 1 is 1.42 bits per heavy atom. The maximum atomic E-state index is 5.50. The van der Waals surface area contributed by atoms with Crippen LogP contribution in [0.15, 0.2) is 18.2 Å². The monoisotopic (exact) mass is 279 g/mol. The summed E-state index contributed by atoms with van der Waals surface area (Å²) in [5, 5.41) is 4.25. The number of benzene rings is 1. The van der Waals surface area contributed by atoms with Gasteiger partial charge in [0.2, 0.25) is 0 Å². The summed E-state index contributed by atoms with van der Waals surface area (Å²) in [5.41, 5.74) is 2.63. The lowest BCUT2D eigenvalue weighted by Gasteiger charge is -2.30. The summed E-state index contributed by atoms with van der Waals surface area (Å²) in [6.45, 7) is 2.15. The van der Waals surface area contributed by atoms with E-state index in [-0.39, 0.29) is 0 Å². The number of hydrogen-bond acceptors (Lipinski definition) is 3. The molecule has 1 saturated heterocycles. The van der Waals surface area contributed by atoms with Gasteiger partial charge >= 0.3 is 0 Å². The van der Waals surface area contributed by atoms with Gasteiger partial charge in [0.25, 0.3) is 0 Å². The first-order chi connectivity index (χ1) is 9.24. The number of likely N-dealkylation sites (N-methyl/N-ethyl adjacent to an activating group) is 1. The molecule has 1 heterocycles. The number of nitrogens with one attached hydrogen (secondary N) is 1. The molecule has 1 aliphatic rings. The highest BCUT2D eigenvalue weighted by molar-refractivity contribution is 8.00. The lowest BCUT2D eigenvalue weighted by molar-refractivity contribution is 0.403. The average molecular weight is 279 g/mol. The molecule has 1 aromatic carbocycles. The number of hydrogen-bond donors (Lipinski definition) is 1. The second-order valence-corrected chi connectivity index (χ2v) is 6.67. The van der Waals surface area contributed by atoms with E-state index in [2.05, 4.69) is 49.2 Å². The van der Waals surface area contributed by atoms with Gasteiger partial charge in [-0.15, -0.1) is 0 Å². The highest BCUT2D eigenvalue weighted by Crippen LogP contribution is 2.30. The van der Waals surface area contributed by atoms with Gasteiger partial charge in [-0.3, -0.25) is 0 Å². The minimum atomic E-state index is 0.543. The van der Waals surface area contributed by atoms with Gasteiger partial charge in [-0.2, -0.15) is 11.8 Å². The van der Waals surface area contributed by atoms with Gasteiger partial charge in [-0.1, -0.05) is 24.1 Å². The molecule has 1 fully saturated rings. The molecule has 1 N–H and O–H groups in total. The first-order valence-electron chi connectivity index (χ1n) is 7.17. The van der Waals surface area contributed by atoms with Crippen molar-refractivity contribution in [1.29, 1.82) is 0 Å². The summed E-state index contributed by atoms with van der Waals surface area (Å²) in [6, 6.07) is 7.01. The predicted molar refractivity (Wildman–Crippen MR) is 84.4 cm³/mol. The van der Waals surface area contributed by atoms with Crippen LogP contribution in [0.25, 0.3) is 0 Å². The third-order valence-corrected chi connectivity index (χ3v) is 5.43. The molecule has 0 amide bonds. The van der Waals surface area contributed by atoms with Crippen LogP contribution in [-0.2, 0) is 6.42 Å². The van der Waals surface area contributed by atoms with Crippen LogP contribution in [0.3, 0.4) is 0 Å². The number of rotatable bonds is 5. The summed E-state index contributed by atoms with van der Waals surface area (Å²) in [5.74, 6) is 2.33. The summed E-state index contributed by atoms with van der Waals surface area (Å²) in [7, 11) is 3.85. The highest BCUT2D eigenvalue weighted by atomic mass is 32.2. The van der Waals surface area contributed by atoms with Gasteiger partial charge < -0.3 is 10.1 Å². The Labute approximate surface area is 121 Å². The normalized spacial score (nSPS) is 21.1. The molecule has 0 radical (unpaired) electrons. The molecule has 0 bridgehead atoms. The Morgan fingerprint density at radius 3 is 2.89 bits per heavy atom. The standard InChI is InChI=1S/C16H25NOS/c1-12-7-8-15(18-3)13(10-12)11-14(17-2)16-6-4-5-9-19-16/h7-8,10,14,16-17H,4-6,9,11H2,1-3H3. The van der Waals surface area contributed by atoms with Crippen LogP contribution in [-0.4, -0.2) is 31.2 Å². The zero-order valence-corrected chi connectivity index (χ0v) is 13.1. The average Bonchev–Trinajstić information content (AvgIpc) is 2.46. The van der Waals surface area contributed by atoms with Crippen LogP contribution in [0.5, 0.6) is 5.75 Å². The smallest absolute Gasteiger partial charge is 0.122 e. The molecule has 3 heteroatoms. The molecule has 2 atom stereocenters. The predicted octanol–water partition coefficient (Wildman–Crippen LogP) is 3.42. The molecule has 106 valence electrons. The largest absolute Gasteiger partial charge is 0.496 e. The van der Waals surface area contributed by atoms with E-state index in [1.807, 2.05) is 0 Å². The Bertz CT molecular complexity index is 402. The Kier molecular flexibility index (Phi) is 5.59. The van der Waals surface area contributed by atoms with Crippen LogP contribution in [0.4, 0.5) is 0 Å². The van der Waals surface area contributed by atoms with Crippen LogP contribution in [0.1, 0.15) is 30.4 Å². The van der Waals surface area contributed by atoms with Crippen molar-refractivity contribution in [3.05, 3.63) is 29.3 Å². The summed E-state index contributed by atoms with van der Waals surface area (Å²) in [6.07, 6.45) is 5.15. The Balaban J connectivity index is 2.10. The number of aryl methyl sites for hydroxylation is 1. The van der Waals surface area contributed by atoms with Gasteiger partial charge in [0.1, 0.15) is 5.75 Å². The van der Waals surface area contributed by atoms with Crippen LogP contribution in [0, 0.1) is 6.92 Å². The Morgan fingerprint density at radius 2 is 2.26 bits per heavy atom. The van der Waals surface area contributed by atoms with Crippen molar-refractivity contribution >= 4 is 11.8 Å². The minimum Gasteiger partial charge on any atom is -0.496 e. The van der Waals surface area contributed by atoms with E-state index in [0.29, 0.717) is 6.04 Å². The molecule has 19 heavy (non-hydrogen) atoms. The van der Waals surface area contributed by atoms with E-state index in [9.17, 15) is 0 Å². The molecule has 2 unspecified atom stereocenters. The molecule has 0 saturated carbocycles.